The number of anilines is 3. The summed E-state index contributed by atoms with van der Waals surface area (Å²) >= 11 is 1.66. The Labute approximate surface area is 167 Å². The standard InChI is InChI=1S/C20H23N5O2S/c1-11-21-18-15(23-14-7-4-12(10-27-2)8-16(14)28-3)9-17(24-19(18)22-11)25-20(26)13-5-6-13/h4,7-9,13H,5-6,10H2,1-3H3,(H3,21,22,23,24,25,26). The van der Waals surface area contributed by atoms with E-state index in [0.29, 0.717) is 18.1 Å². The number of methoxy groups -OCH3 is 1. The van der Waals surface area contributed by atoms with Crippen molar-refractivity contribution in [2.45, 2.75) is 31.3 Å². The van der Waals surface area contributed by atoms with Crippen molar-refractivity contribution in [3.05, 3.63) is 35.7 Å². The van der Waals surface area contributed by atoms with E-state index in [1.807, 2.05) is 31.4 Å². The van der Waals surface area contributed by atoms with E-state index in [0.717, 1.165) is 46.0 Å². The average Bonchev–Trinajstić information content (AvgIpc) is 3.45. The third-order valence-corrected chi connectivity index (χ3v) is 5.40. The topological polar surface area (TPSA) is 91.9 Å². The number of aromatic nitrogens is 3. The molecule has 0 unspecified atom stereocenters. The summed E-state index contributed by atoms with van der Waals surface area (Å²) in [6, 6.07) is 8.05. The number of benzene rings is 1. The van der Waals surface area contributed by atoms with Gasteiger partial charge >= 0.3 is 0 Å². The minimum atomic E-state index is 0.0266. The van der Waals surface area contributed by atoms with Crippen LogP contribution in [0, 0.1) is 12.8 Å². The van der Waals surface area contributed by atoms with Gasteiger partial charge in [-0.1, -0.05) is 6.07 Å². The van der Waals surface area contributed by atoms with Gasteiger partial charge in [-0.05, 0) is 43.7 Å². The summed E-state index contributed by atoms with van der Waals surface area (Å²) in [5, 5.41) is 6.40. The molecular weight excluding hydrogens is 374 g/mol. The molecule has 0 atom stereocenters. The number of H-pyrrole nitrogens is 1. The zero-order valence-corrected chi connectivity index (χ0v) is 16.9. The second-order valence-electron chi connectivity index (χ2n) is 6.93. The molecule has 7 nitrogen and oxygen atoms in total. The zero-order chi connectivity index (χ0) is 19.7. The number of nitrogens with one attached hydrogen (secondary N) is 3. The first-order valence-corrected chi connectivity index (χ1v) is 10.4. The lowest BCUT2D eigenvalue weighted by Gasteiger charge is -2.14. The van der Waals surface area contributed by atoms with Gasteiger partial charge in [0, 0.05) is 24.0 Å². The van der Waals surface area contributed by atoms with Crippen LogP contribution < -0.4 is 10.6 Å². The highest BCUT2D eigenvalue weighted by molar-refractivity contribution is 7.98. The molecule has 2 aromatic heterocycles. The molecule has 0 saturated heterocycles. The predicted octanol–water partition coefficient (Wildman–Crippen LogP) is 4.23. The molecule has 3 N–H and O–H groups in total. The quantitative estimate of drug-likeness (QED) is 0.517. The van der Waals surface area contributed by atoms with E-state index in [1.165, 1.54) is 0 Å². The van der Waals surface area contributed by atoms with Gasteiger partial charge in [-0.3, -0.25) is 4.79 Å². The minimum absolute atomic E-state index is 0.0266. The third-order valence-electron chi connectivity index (χ3n) is 4.63. The van der Waals surface area contributed by atoms with Gasteiger partial charge in [0.15, 0.2) is 5.65 Å². The highest BCUT2D eigenvalue weighted by atomic mass is 32.2. The van der Waals surface area contributed by atoms with Crippen LogP contribution in [0.2, 0.25) is 0 Å². The first-order chi connectivity index (χ1) is 13.6. The number of fused-ring (bicyclic) bond motifs is 1. The predicted molar refractivity (Wildman–Crippen MR) is 112 cm³/mol. The highest BCUT2D eigenvalue weighted by Gasteiger charge is 2.30. The fraction of sp³-hybridized carbons (Fsp3) is 0.350. The molecule has 146 valence electrons. The first kappa shape index (κ1) is 18.8. The number of pyridine rings is 1. The number of aryl methyl sites for hydroxylation is 1. The molecule has 0 bridgehead atoms. The summed E-state index contributed by atoms with van der Waals surface area (Å²) in [7, 11) is 1.69. The second-order valence-corrected chi connectivity index (χ2v) is 7.78. The van der Waals surface area contributed by atoms with Crippen molar-refractivity contribution >= 4 is 46.0 Å². The summed E-state index contributed by atoms with van der Waals surface area (Å²) in [6.07, 6.45) is 3.94. The van der Waals surface area contributed by atoms with Gasteiger partial charge in [-0.2, -0.15) is 0 Å². The number of carbonyl (C=O) groups excluding carboxylic acids is 1. The molecule has 1 aliphatic rings. The SMILES string of the molecule is COCc1ccc(Nc2cc(NC(=O)C3CC3)nc3nc(C)[nH]c23)c(SC)c1. The number of aromatic amines is 1. The number of rotatable bonds is 7. The van der Waals surface area contributed by atoms with Gasteiger partial charge in [-0.25, -0.2) is 9.97 Å². The lowest BCUT2D eigenvalue weighted by molar-refractivity contribution is -0.117. The Morgan fingerprint density at radius 1 is 1.29 bits per heavy atom. The maximum Gasteiger partial charge on any atom is 0.228 e. The maximum atomic E-state index is 12.2. The van der Waals surface area contributed by atoms with Crippen LogP contribution >= 0.6 is 11.8 Å². The third kappa shape index (κ3) is 3.98. The molecule has 3 aromatic rings. The maximum absolute atomic E-state index is 12.2. The highest BCUT2D eigenvalue weighted by Crippen LogP contribution is 2.34. The molecule has 0 spiro atoms. The molecular formula is C20H23N5O2S. The molecule has 1 amide bonds. The molecule has 1 aromatic carbocycles. The Kier molecular flexibility index (Phi) is 5.23. The summed E-state index contributed by atoms with van der Waals surface area (Å²) < 4.78 is 5.23. The van der Waals surface area contributed by atoms with Gasteiger partial charge < -0.3 is 20.4 Å². The van der Waals surface area contributed by atoms with Gasteiger partial charge in [0.25, 0.3) is 0 Å². The molecule has 1 fully saturated rings. The van der Waals surface area contributed by atoms with E-state index in [9.17, 15) is 4.79 Å². The molecule has 0 radical (unpaired) electrons. The Hall–Kier alpha value is -2.58. The Morgan fingerprint density at radius 2 is 2.11 bits per heavy atom. The fourth-order valence-corrected chi connectivity index (χ4v) is 3.69. The largest absolute Gasteiger partial charge is 0.380 e. The Morgan fingerprint density at radius 3 is 2.82 bits per heavy atom. The summed E-state index contributed by atoms with van der Waals surface area (Å²) in [6.45, 7) is 2.46. The van der Waals surface area contributed by atoms with Crippen molar-refractivity contribution in [3.63, 3.8) is 0 Å². The number of hydrogen-bond acceptors (Lipinski definition) is 6. The second kappa shape index (κ2) is 7.81. The van der Waals surface area contributed by atoms with Crippen LogP contribution in [0.15, 0.2) is 29.2 Å². The van der Waals surface area contributed by atoms with Crippen LogP contribution in [0.4, 0.5) is 17.2 Å². The number of hydrogen-bond donors (Lipinski definition) is 3. The van der Waals surface area contributed by atoms with Crippen molar-refractivity contribution in [1.29, 1.82) is 0 Å². The van der Waals surface area contributed by atoms with Crippen LogP contribution in [0.1, 0.15) is 24.2 Å². The lowest BCUT2D eigenvalue weighted by Crippen LogP contribution is -2.14. The number of thioether (sulfide) groups is 1. The van der Waals surface area contributed by atoms with Crippen LogP contribution in [-0.4, -0.2) is 34.2 Å². The fourth-order valence-electron chi connectivity index (χ4n) is 3.08. The van der Waals surface area contributed by atoms with Crippen LogP contribution in [0.25, 0.3) is 11.2 Å². The number of ether oxygens (including phenoxy) is 1. The van der Waals surface area contributed by atoms with E-state index in [4.69, 9.17) is 4.74 Å². The number of nitrogens with zero attached hydrogens (tertiary/aromatic N) is 2. The molecule has 8 heteroatoms. The molecule has 28 heavy (non-hydrogen) atoms. The van der Waals surface area contributed by atoms with Gasteiger partial charge in [0.2, 0.25) is 5.91 Å². The lowest BCUT2D eigenvalue weighted by atomic mass is 10.2. The molecule has 1 saturated carbocycles. The van der Waals surface area contributed by atoms with Crippen molar-refractivity contribution in [2.24, 2.45) is 5.92 Å². The summed E-state index contributed by atoms with van der Waals surface area (Å²) in [5.41, 5.74) is 4.32. The van der Waals surface area contributed by atoms with Crippen molar-refractivity contribution < 1.29 is 9.53 Å². The number of amides is 1. The first-order valence-electron chi connectivity index (χ1n) is 9.18. The zero-order valence-electron chi connectivity index (χ0n) is 16.1. The molecule has 2 heterocycles. The van der Waals surface area contributed by atoms with E-state index in [2.05, 4.69) is 31.7 Å². The van der Waals surface area contributed by atoms with Crippen molar-refractivity contribution in [2.75, 3.05) is 24.0 Å². The van der Waals surface area contributed by atoms with E-state index in [1.54, 1.807) is 18.9 Å². The molecule has 1 aliphatic carbocycles. The number of imidazole rings is 1. The van der Waals surface area contributed by atoms with E-state index >= 15 is 0 Å². The van der Waals surface area contributed by atoms with Crippen molar-refractivity contribution in [3.8, 4) is 0 Å². The van der Waals surface area contributed by atoms with Gasteiger partial charge in [0.1, 0.15) is 17.2 Å². The Bertz CT molecular complexity index is 1030. The van der Waals surface area contributed by atoms with Crippen molar-refractivity contribution in [1.82, 2.24) is 15.0 Å². The van der Waals surface area contributed by atoms with Crippen LogP contribution in [-0.2, 0) is 16.1 Å². The number of carbonyl (C=O) groups is 1. The smallest absolute Gasteiger partial charge is 0.228 e. The van der Waals surface area contributed by atoms with E-state index in [-0.39, 0.29) is 11.8 Å². The van der Waals surface area contributed by atoms with Crippen LogP contribution in [0.5, 0.6) is 0 Å². The summed E-state index contributed by atoms with van der Waals surface area (Å²) in [4.78, 5) is 25.5. The van der Waals surface area contributed by atoms with Gasteiger partial charge in [-0.15, -0.1) is 11.8 Å². The normalized spacial score (nSPS) is 13.7. The Balaban J connectivity index is 1.69. The minimum Gasteiger partial charge on any atom is -0.380 e. The van der Waals surface area contributed by atoms with Crippen LogP contribution in [0.3, 0.4) is 0 Å². The average molecular weight is 398 g/mol. The summed E-state index contributed by atoms with van der Waals surface area (Å²) in [5.74, 6) is 1.43. The van der Waals surface area contributed by atoms with E-state index < -0.39 is 0 Å². The van der Waals surface area contributed by atoms with Gasteiger partial charge in [0.05, 0.1) is 18.0 Å². The molecule has 0 aliphatic heterocycles. The monoisotopic (exact) mass is 397 g/mol. The molecule has 4 rings (SSSR count).